The van der Waals surface area contributed by atoms with E-state index in [1.54, 1.807) is 29.3 Å². The van der Waals surface area contributed by atoms with Crippen LogP contribution < -0.4 is 10.6 Å². The molecule has 1 unspecified atom stereocenters. The smallest absolute Gasteiger partial charge is 0.226 e. The molecule has 2 fully saturated rings. The number of hydrogen-bond donors (Lipinski definition) is 3. The summed E-state index contributed by atoms with van der Waals surface area (Å²) in [5, 5.41) is 15.5. The Morgan fingerprint density at radius 2 is 2.06 bits per heavy atom. The topological polar surface area (TPSA) is 94.7 Å². The van der Waals surface area contributed by atoms with Gasteiger partial charge in [-0.2, -0.15) is 10.1 Å². The summed E-state index contributed by atoms with van der Waals surface area (Å²) in [5.41, 5.74) is 1.00. The maximum absolute atomic E-state index is 4.96. The third kappa shape index (κ3) is 4.87. The maximum Gasteiger partial charge on any atom is 0.226 e. The molecule has 0 amide bonds. The highest BCUT2D eigenvalue weighted by atomic mass is 32.2. The Kier molecular flexibility index (Phi) is 6.34. The number of hydrogen-bond acceptors (Lipinski definition) is 9. The van der Waals surface area contributed by atoms with E-state index < -0.39 is 0 Å². The van der Waals surface area contributed by atoms with E-state index in [9.17, 15) is 0 Å². The summed E-state index contributed by atoms with van der Waals surface area (Å²) in [7, 11) is 0. The molecule has 2 bridgehead atoms. The summed E-state index contributed by atoms with van der Waals surface area (Å²) in [5.74, 6) is 2.23. The minimum Gasteiger partial charge on any atom is -0.351 e. The molecule has 2 aliphatic heterocycles. The van der Waals surface area contributed by atoms with E-state index in [-0.39, 0.29) is 0 Å². The Balaban J connectivity index is 1.30. The second-order valence-corrected chi connectivity index (χ2v) is 11.8. The van der Waals surface area contributed by atoms with Gasteiger partial charge >= 0.3 is 0 Å². The number of nitrogens with one attached hydrogen (secondary N) is 3. The third-order valence-electron chi connectivity index (χ3n) is 7.00. The molecule has 2 saturated heterocycles. The highest BCUT2D eigenvalue weighted by molar-refractivity contribution is 8.01. The summed E-state index contributed by atoms with van der Waals surface area (Å²) < 4.78 is 1.16. The van der Waals surface area contributed by atoms with Crippen molar-refractivity contribution in [3.8, 4) is 0 Å². The minimum absolute atomic E-state index is 0.398. The van der Waals surface area contributed by atoms with Gasteiger partial charge in [0.2, 0.25) is 5.95 Å². The van der Waals surface area contributed by atoms with Crippen molar-refractivity contribution in [1.29, 1.82) is 0 Å². The van der Waals surface area contributed by atoms with E-state index in [1.165, 1.54) is 19.3 Å². The van der Waals surface area contributed by atoms with Gasteiger partial charge in [0.15, 0.2) is 5.82 Å². The van der Waals surface area contributed by atoms with Crippen LogP contribution in [0.25, 0.3) is 10.2 Å². The first-order chi connectivity index (χ1) is 17.1. The van der Waals surface area contributed by atoms with E-state index in [1.807, 2.05) is 25.3 Å². The highest BCUT2D eigenvalue weighted by Crippen LogP contribution is 2.40. The van der Waals surface area contributed by atoms with E-state index in [0.717, 1.165) is 56.0 Å². The number of thiophene rings is 1. The fourth-order valence-electron chi connectivity index (χ4n) is 5.53. The molecule has 35 heavy (non-hydrogen) atoms. The standard InChI is InChI=1S/C25H30N8S2/c1-3-33-17-6-4-7-18(33)12-16(11-17)27-25-29-23(28-21-10-15(2)31-32-21)20-13-22(35-24(20)30-25)34-19-8-5-9-26-14-19/h5,8-10,13-14,16-18H,3-4,6-7,11-12H2,1-2H3,(H3,27,28,29,30,31,32)/t16?,17-,18+. The number of aromatic amines is 1. The summed E-state index contributed by atoms with van der Waals surface area (Å²) >= 11 is 3.39. The molecule has 4 aromatic rings. The number of anilines is 3. The van der Waals surface area contributed by atoms with Crippen molar-refractivity contribution in [2.45, 2.75) is 73.2 Å². The Labute approximate surface area is 213 Å². The fourth-order valence-corrected chi connectivity index (χ4v) is 7.66. The van der Waals surface area contributed by atoms with Crippen LogP contribution in [-0.2, 0) is 0 Å². The Bertz CT molecular complexity index is 1290. The van der Waals surface area contributed by atoms with Gasteiger partial charge in [-0.1, -0.05) is 25.1 Å². The zero-order chi connectivity index (χ0) is 23.8. The average Bonchev–Trinajstić information content (AvgIpc) is 3.44. The molecule has 0 radical (unpaired) electrons. The third-order valence-corrected chi connectivity index (χ3v) is 9.12. The van der Waals surface area contributed by atoms with Crippen LogP contribution in [0.4, 0.5) is 17.6 Å². The predicted octanol–water partition coefficient (Wildman–Crippen LogP) is 5.83. The van der Waals surface area contributed by atoms with Crippen LogP contribution in [0.1, 0.15) is 44.7 Å². The summed E-state index contributed by atoms with van der Waals surface area (Å²) in [6, 6.07) is 9.92. The molecular formula is C25H30N8S2. The van der Waals surface area contributed by atoms with Gasteiger partial charge in [0.05, 0.1) is 9.60 Å². The second kappa shape index (κ2) is 9.75. The molecule has 0 aliphatic carbocycles. The normalized spacial score (nSPS) is 22.4. The Hall–Kier alpha value is -2.69. The average molecular weight is 507 g/mol. The lowest BCUT2D eigenvalue weighted by molar-refractivity contribution is 0.0400. The van der Waals surface area contributed by atoms with E-state index in [2.05, 4.69) is 49.8 Å². The molecule has 0 aromatic carbocycles. The number of piperidine rings is 2. The zero-order valence-corrected chi connectivity index (χ0v) is 21.6. The van der Waals surface area contributed by atoms with Gasteiger partial charge in [-0.05, 0) is 57.4 Å². The van der Waals surface area contributed by atoms with E-state index >= 15 is 0 Å². The molecule has 10 heteroatoms. The van der Waals surface area contributed by atoms with Crippen LogP contribution in [0.15, 0.2) is 45.8 Å². The number of aromatic nitrogens is 5. The first kappa shape index (κ1) is 22.8. The predicted molar refractivity (Wildman–Crippen MR) is 143 cm³/mol. The summed E-state index contributed by atoms with van der Waals surface area (Å²) in [6.07, 6.45) is 9.94. The SMILES string of the molecule is CCN1[C@@H]2CCC[C@H]1CC(Nc1nc(Nc3cc(C)[nH]n3)c3cc(Sc4cccnc4)sc3n1)C2. The first-order valence-corrected chi connectivity index (χ1v) is 14.0. The number of pyridine rings is 1. The molecule has 3 atom stereocenters. The van der Waals surface area contributed by atoms with Crippen molar-refractivity contribution in [3.63, 3.8) is 0 Å². The monoisotopic (exact) mass is 506 g/mol. The van der Waals surface area contributed by atoms with Crippen LogP contribution in [0, 0.1) is 6.92 Å². The van der Waals surface area contributed by atoms with Crippen molar-refractivity contribution in [1.82, 2.24) is 30.0 Å². The molecule has 0 saturated carbocycles. The van der Waals surface area contributed by atoms with Crippen molar-refractivity contribution >= 4 is 50.9 Å². The van der Waals surface area contributed by atoms with E-state index in [0.29, 0.717) is 24.1 Å². The van der Waals surface area contributed by atoms with Gasteiger partial charge < -0.3 is 10.6 Å². The summed E-state index contributed by atoms with van der Waals surface area (Å²) in [6.45, 7) is 5.43. The molecule has 2 aliphatic rings. The van der Waals surface area contributed by atoms with Gasteiger partial charge in [-0.15, -0.1) is 11.3 Å². The lowest BCUT2D eigenvalue weighted by atomic mass is 9.82. The summed E-state index contributed by atoms with van der Waals surface area (Å²) in [4.78, 5) is 18.9. The van der Waals surface area contributed by atoms with Crippen molar-refractivity contribution in [2.24, 2.45) is 0 Å². The molecule has 182 valence electrons. The van der Waals surface area contributed by atoms with Crippen LogP contribution >= 0.6 is 23.1 Å². The van der Waals surface area contributed by atoms with E-state index in [4.69, 9.17) is 9.97 Å². The zero-order valence-electron chi connectivity index (χ0n) is 20.0. The van der Waals surface area contributed by atoms with Crippen LogP contribution in [0.3, 0.4) is 0 Å². The van der Waals surface area contributed by atoms with Gasteiger partial charge in [0.1, 0.15) is 10.6 Å². The highest BCUT2D eigenvalue weighted by Gasteiger charge is 2.37. The number of aryl methyl sites for hydroxylation is 1. The minimum atomic E-state index is 0.398. The van der Waals surface area contributed by atoms with Crippen LogP contribution in [0.2, 0.25) is 0 Å². The van der Waals surface area contributed by atoms with Gasteiger partial charge in [0, 0.05) is 47.2 Å². The number of fused-ring (bicyclic) bond motifs is 3. The Morgan fingerprint density at radius 1 is 1.20 bits per heavy atom. The Morgan fingerprint density at radius 3 is 2.77 bits per heavy atom. The number of H-pyrrole nitrogens is 1. The molecule has 0 spiro atoms. The largest absolute Gasteiger partial charge is 0.351 e. The second-order valence-electron chi connectivity index (χ2n) is 9.41. The lowest BCUT2D eigenvalue weighted by Crippen LogP contribution is -2.54. The van der Waals surface area contributed by atoms with Crippen molar-refractivity contribution in [2.75, 3.05) is 17.2 Å². The van der Waals surface area contributed by atoms with Gasteiger partial charge in [-0.25, -0.2) is 4.98 Å². The number of nitrogens with zero attached hydrogens (tertiary/aromatic N) is 5. The van der Waals surface area contributed by atoms with Crippen molar-refractivity contribution < 1.29 is 0 Å². The van der Waals surface area contributed by atoms with Crippen molar-refractivity contribution in [3.05, 3.63) is 42.4 Å². The molecular weight excluding hydrogens is 476 g/mol. The molecule has 8 nitrogen and oxygen atoms in total. The lowest BCUT2D eigenvalue weighted by Gasteiger charge is -2.48. The molecule has 4 aromatic heterocycles. The molecule has 6 rings (SSSR count). The quantitative estimate of drug-likeness (QED) is 0.288. The number of rotatable bonds is 7. The maximum atomic E-state index is 4.96. The van der Waals surface area contributed by atoms with Crippen LogP contribution in [0.5, 0.6) is 0 Å². The van der Waals surface area contributed by atoms with Gasteiger partial charge in [-0.3, -0.25) is 15.0 Å². The van der Waals surface area contributed by atoms with Gasteiger partial charge in [0.25, 0.3) is 0 Å². The van der Waals surface area contributed by atoms with Crippen LogP contribution in [-0.4, -0.2) is 54.7 Å². The molecule has 3 N–H and O–H groups in total. The fraction of sp³-hybridized carbons (Fsp3) is 0.440. The molecule has 6 heterocycles. The first-order valence-electron chi connectivity index (χ1n) is 12.4.